The van der Waals surface area contributed by atoms with Crippen molar-refractivity contribution in [1.29, 1.82) is 0 Å². The van der Waals surface area contributed by atoms with Gasteiger partial charge in [-0.05, 0) is 41.8 Å². The topological polar surface area (TPSA) is 47.3 Å². The lowest BCUT2D eigenvalue weighted by molar-refractivity contribution is 0.413. The minimum absolute atomic E-state index is 0.0786. The van der Waals surface area contributed by atoms with Gasteiger partial charge in [0.2, 0.25) is 0 Å². The number of nitrogens with two attached hydrogens (primary N) is 1. The van der Waals surface area contributed by atoms with Crippen LogP contribution >= 0.6 is 15.9 Å². The highest BCUT2D eigenvalue weighted by atomic mass is 79.9. The minimum atomic E-state index is -0.0786. The monoisotopic (exact) mass is 320 g/mol. The van der Waals surface area contributed by atoms with Crippen molar-refractivity contribution in [3.63, 3.8) is 0 Å². The van der Waals surface area contributed by atoms with Crippen LogP contribution in [0.4, 0.5) is 0 Å². The summed E-state index contributed by atoms with van der Waals surface area (Å²) in [6.45, 7) is 2.06. The highest BCUT2D eigenvalue weighted by Gasteiger charge is 2.15. The van der Waals surface area contributed by atoms with Gasteiger partial charge in [-0.3, -0.25) is 5.84 Å². The van der Waals surface area contributed by atoms with Crippen LogP contribution in [-0.4, -0.2) is 7.11 Å². The SMILES string of the molecule is COc1cccc(C(NN)c2ccc(C)cc2Br)c1. The van der Waals surface area contributed by atoms with Gasteiger partial charge in [-0.2, -0.15) is 0 Å². The molecule has 0 spiro atoms. The Hall–Kier alpha value is -1.36. The van der Waals surface area contributed by atoms with Crippen LogP contribution in [0.25, 0.3) is 0 Å². The van der Waals surface area contributed by atoms with E-state index in [1.807, 2.05) is 24.3 Å². The second kappa shape index (κ2) is 6.19. The number of benzene rings is 2. The molecule has 3 N–H and O–H groups in total. The van der Waals surface area contributed by atoms with E-state index >= 15 is 0 Å². The lowest BCUT2D eigenvalue weighted by atomic mass is 9.98. The second-order valence-corrected chi connectivity index (χ2v) is 5.26. The first-order valence-electron chi connectivity index (χ1n) is 6.02. The molecule has 1 unspecified atom stereocenters. The zero-order chi connectivity index (χ0) is 13.8. The Morgan fingerprint density at radius 1 is 1.21 bits per heavy atom. The molecule has 0 bridgehead atoms. The van der Waals surface area contributed by atoms with Gasteiger partial charge >= 0.3 is 0 Å². The predicted octanol–water partition coefficient (Wildman–Crippen LogP) is 3.32. The molecule has 19 heavy (non-hydrogen) atoms. The quantitative estimate of drug-likeness (QED) is 0.671. The number of methoxy groups -OCH3 is 1. The van der Waals surface area contributed by atoms with Crippen LogP contribution in [0.3, 0.4) is 0 Å². The third kappa shape index (κ3) is 3.15. The molecule has 0 saturated carbocycles. The summed E-state index contributed by atoms with van der Waals surface area (Å²) in [5.41, 5.74) is 6.23. The van der Waals surface area contributed by atoms with E-state index in [9.17, 15) is 0 Å². The molecule has 0 aliphatic rings. The summed E-state index contributed by atoms with van der Waals surface area (Å²) in [4.78, 5) is 0. The highest BCUT2D eigenvalue weighted by Crippen LogP contribution is 2.30. The van der Waals surface area contributed by atoms with Crippen molar-refractivity contribution >= 4 is 15.9 Å². The third-order valence-electron chi connectivity index (χ3n) is 3.06. The fourth-order valence-electron chi connectivity index (χ4n) is 2.05. The molecule has 0 aliphatic heterocycles. The summed E-state index contributed by atoms with van der Waals surface area (Å²) in [7, 11) is 1.66. The molecule has 0 amide bonds. The van der Waals surface area contributed by atoms with Gasteiger partial charge in [0, 0.05) is 4.47 Å². The Kier molecular flexibility index (Phi) is 4.58. The Bertz CT molecular complexity index is 572. The van der Waals surface area contributed by atoms with E-state index in [-0.39, 0.29) is 6.04 Å². The summed E-state index contributed by atoms with van der Waals surface area (Å²) in [5.74, 6) is 6.54. The molecule has 2 aromatic carbocycles. The van der Waals surface area contributed by atoms with Gasteiger partial charge in [0.15, 0.2) is 0 Å². The van der Waals surface area contributed by atoms with E-state index in [0.717, 1.165) is 21.3 Å². The number of aryl methyl sites for hydroxylation is 1. The van der Waals surface area contributed by atoms with Gasteiger partial charge in [-0.15, -0.1) is 0 Å². The number of halogens is 1. The molecular weight excluding hydrogens is 304 g/mol. The summed E-state index contributed by atoms with van der Waals surface area (Å²) in [6, 6.07) is 14.0. The van der Waals surface area contributed by atoms with Crippen molar-refractivity contribution in [3.8, 4) is 5.75 Å². The summed E-state index contributed by atoms with van der Waals surface area (Å²) in [6.07, 6.45) is 0. The number of hydrazine groups is 1. The minimum Gasteiger partial charge on any atom is -0.497 e. The normalized spacial score (nSPS) is 12.2. The van der Waals surface area contributed by atoms with E-state index in [1.54, 1.807) is 7.11 Å². The van der Waals surface area contributed by atoms with E-state index in [4.69, 9.17) is 10.6 Å². The van der Waals surface area contributed by atoms with Gasteiger partial charge < -0.3 is 4.74 Å². The molecule has 0 aromatic heterocycles. The van der Waals surface area contributed by atoms with Crippen LogP contribution in [-0.2, 0) is 0 Å². The Labute approximate surface area is 121 Å². The van der Waals surface area contributed by atoms with Gasteiger partial charge in [0.1, 0.15) is 5.75 Å². The maximum atomic E-state index is 5.72. The molecule has 100 valence electrons. The van der Waals surface area contributed by atoms with Crippen molar-refractivity contribution < 1.29 is 4.74 Å². The Morgan fingerprint density at radius 2 is 2.00 bits per heavy atom. The number of hydrogen-bond acceptors (Lipinski definition) is 3. The number of ether oxygens (including phenoxy) is 1. The molecular formula is C15H17BrN2O. The molecule has 0 aliphatic carbocycles. The first kappa shape index (κ1) is 14.1. The number of nitrogens with one attached hydrogen (secondary N) is 1. The summed E-state index contributed by atoms with van der Waals surface area (Å²) >= 11 is 3.59. The molecule has 4 heteroatoms. The summed E-state index contributed by atoms with van der Waals surface area (Å²) < 4.78 is 6.29. The van der Waals surface area contributed by atoms with E-state index in [0.29, 0.717) is 0 Å². The fourth-order valence-corrected chi connectivity index (χ4v) is 2.78. The van der Waals surface area contributed by atoms with Crippen LogP contribution < -0.4 is 16.0 Å². The first-order chi connectivity index (χ1) is 9.15. The highest BCUT2D eigenvalue weighted by molar-refractivity contribution is 9.10. The maximum absolute atomic E-state index is 5.72. The average molecular weight is 321 g/mol. The molecule has 1 atom stereocenters. The van der Waals surface area contributed by atoms with Gasteiger partial charge in [0.25, 0.3) is 0 Å². The van der Waals surface area contributed by atoms with Crippen LogP contribution in [0.2, 0.25) is 0 Å². The summed E-state index contributed by atoms with van der Waals surface area (Å²) in [5, 5.41) is 0. The largest absolute Gasteiger partial charge is 0.497 e. The van der Waals surface area contributed by atoms with Gasteiger partial charge in [-0.25, -0.2) is 5.43 Å². The maximum Gasteiger partial charge on any atom is 0.119 e. The van der Waals surface area contributed by atoms with Crippen LogP contribution in [0.15, 0.2) is 46.9 Å². The molecule has 3 nitrogen and oxygen atoms in total. The first-order valence-corrected chi connectivity index (χ1v) is 6.81. The van der Waals surface area contributed by atoms with Gasteiger partial charge in [0.05, 0.1) is 13.2 Å². The van der Waals surface area contributed by atoms with Crippen molar-refractivity contribution in [2.75, 3.05) is 7.11 Å². The van der Waals surface area contributed by atoms with Crippen LogP contribution in [0.5, 0.6) is 5.75 Å². The van der Waals surface area contributed by atoms with Crippen molar-refractivity contribution in [2.45, 2.75) is 13.0 Å². The predicted molar refractivity (Wildman–Crippen MR) is 81.0 cm³/mol. The molecule has 0 heterocycles. The smallest absolute Gasteiger partial charge is 0.119 e. The number of rotatable bonds is 4. The number of hydrogen-bond donors (Lipinski definition) is 2. The second-order valence-electron chi connectivity index (χ2n) is 4.40. The fraction of sp³-hybridized carbons (Fsp3) is 0.200. The van der Waals surface area contributed by atoms with Gasteiger partial charge in [-0.1, -0.05) is 40.2 Å². The Balaban J connectivity index is 2.43. The van der Waals surface area contributed by atoms with Crippen molar-refractivity contribution in [1.82, 2.24) is 5.43 Å². The lowest BCUT2D eigenvalue weighted by Crippen LogP contribution is -2.29. The molecule has 0 fully saturated rings. The van der Waals surface area contributed by atoms with E-state index < -0.39 is 0 Å². The molecule has 2 rings (SSSR count). The molecule has 0 saturated heterocycles. The Morgan fingerprint density at radius 3 is 2.63 bits per heavy atom. The van der Waals surface area contributed by atoms with E-state index in [2.05, 4.69) is 46.5 Å². The standard InChI is InChI=1S/C15H17BrN2O/c1-10-6-7-13(14(16)8-10)15(18-17)11-4-3-5-12(9-11)19-2/h3-9,15,18H,17H2,1-2H3. The van der Waals surface area contributed by atoms with Crippen molar-refractivity contribution in [2.24, 2.45) is 5.84 Å². The van der Waals surface area contributed by atoms with Crippen LogP contribution in [0, 0.1) is 6.92 Å². The van der Waals surface area contributed by atoms with Crippen LogP contribution in [0.1, 0.15) is 22.7 Å². The molecule has 0 radical (unpaired) electrons. The lowest BCUT2D eigenvalue weighted by Gasteiger charge is -2.19. The zero-order valence-corrected chi connectivity index (χ0v) is 12.6. The third-order valence-corrected chi connectivity index (χ3v) is 3.75. The average Bonchev–Trinajstić information content (AvgIpc) is 2.42. The van der Waals surface area contributed by atoms with Crippen molar-refractivity contribution in [3.05, 3.63) is 63.6 Å². The molecule has 2 aromatic rings. The van der Waals surface area contributed by atoms with E-state index in [1.165, 1.54) is 5.56 Å². The zero-order valence-electron chi connectivity index (χ0n) is 11.0.